The van der Waals surface area contributed by atoms with E-state index in [1.807, 2.05) is 26.0 Å². The lowest BCUT2D eigenvalue weighted by atomic mass is 9.86. The third-order valence-electron chi connectivity index (χ3n) is 6.21. The number of carbonyl (C=O) groups is 1. The summed E-state index contributed by atoms with van der Waals surface area (Å²) in [6, 6.07) is 12.6. The zero-order chi connectivity index (χ0) is 22.0. The number of benzene rings is 1. The molecule has 1 fully saturated rings. The first-order valence-corrected chi connectivity index (χ1v) is 11.1. The lowest BCUT2D eigenvalue weighted by Gasteiger charge is -2.30. The van der Waals surface area contributed by atoms with E-state index in [-0.39, 0.29) is 5.91 Å². The summed E-state index contributed by atoms with van der Waals surface area (Å²) in [5.74, 6) is 2.87. The predicted octanol–water partition coefficient (Wildman–Crippen LogP) is 4.91. The van der Waals surface area contributed by atoms with Gasteiger partial charge < -0.3 is 20.0 Å². The van der Waals surface area contributed by atoms with Gasteiger partial charge in [0.2, 0.25) is 0 Å². The maximum absolute atomic E-state index is 12.4. The summed E-state index contributed by atoms with van der Waals surface area (Å²) in [6.07, 6.45) is 4.34. The number of nitrogens with one attached hydrogen (secondary N) is 2. The Morgan fingerprint density at radius 2 is 1.87 bits per heavy atom. The minimum atomic E-state index is -0.0359. The van der Waals surface area contributed by atoms with E-state index < -0.39 is 0 Å². The Bertz CT molecular complexity index is 1060. The van der Waals surface area contributed by atoms with Gasteiger partial charge in [-0.2, -0.15) is 0 Å². The second kappa shape index (κ2) is 9.00. The molecule has 1 aromatic carbocycles. The highest BCUT2D eigenvalue weighted by atomic mass is 16.3. The maximum Gasteiger partial charge on any atom is 0.254 e. The minimum Gasteiger partial charge on any atom is -0.466 e. The second-order valence-corrected chi connectivity index (χ2v) is 8.84. The molecule has 0 unspecified atom stereocenters. The summed E-state index contributed by atoms with van der Waals surface area (Å²) in [5, 5.41) is 7.91. The number of carbonyl (C=O) groups excluding carboxylic acids is 1. The van der Waals surface area contributed by atoms with E-state index in [0.717, 1.165) is 42.8 Å². The zero-order valence-corrected chi connectivity index (χ0v) is 18.9. The molecule has 1 aliphatic carbocycles. The van der Waals surface area contributed by atoms with Crippen LogP contribution in [0, 0.1) is 19.8 Å². The van der Waals surface area contributed by atoms with Crippen LogP contribution in [-0.4, -0.2) is 37.6 Å². The Morgan fingerprint density at radius 1 is 1.13 bits per heavy atom. The van der Waals surface area contributed by atoms with E-state index in [4.69, 9.17) is 9.40 Å². The van der Waals surface area contributed by atoms with Crippen molar-refractivity contribution < 1.29 is 9.21 Å². The first-order chi connectivity index (χ1) is 14.9. The number of hydrogen-bond donors (Lipinski definition) is 2. The molecule has 3 aromatic rings. The number of hydrogen-bond acceptors (Lipinski definition) is 5. The van der Waals surface area contributed by atoms with Crippen LogP contribution in [0.2, 0.25) is 0 Å². The van der Waals surface area contributed by atoms with Crippen LogP contribution in [0.5, 0.6) is 0 Å². The van der Waals surface area contributed by atoms with Crippen molar-refractivity contribution in [1.82, 2.24) is 10.3 Å². The Kier molecular flexibility index (Phi) is 6.16. The molecule has 164 valence electrons. The molecule has 0 saturated heterocycles. The normalized spacial score (nSPS) is 18.7. The molecule has 6 nitrogen and oxygen atoms in total. The van der Waals surface area contributed by atoms with Gasteiger partial charge in [0.15, 0.2) is 0 Å². The molecule has 0 aliphatic heterocycles. The van der Waals surface area contributed by atoms with Gasteiger partial charge in [-0.15, -0.1) is 0 Å². The standard InChI is InChI=1S/C25H32N4O2/c1-16-13-21(17(2)31-16)25(30)26-15-18-9-11-19(12-10-18)27-24-14-23(29(3)4)20-7-5-6-8-22(20)28-24/h5-8,13-14,18-19H,9-12,15H2,1-4H3,(H,26,30)(H,27,28). The molecule has 1 saturated carbocycles. The fourth-order valence-electron chi connectivity index (χ4n) is 4.51. The van der Waals surface area contributed by atoms with Crippen LogP contribution in [-0.2, 0) is 0 Å². The quantitative estimate of drug-likeness (QED) is 0.593. The number of nitrogens with zero attached hydrogens (tertiary/aromatic N) is 2. The number of amides is 1. The van der Waals surface area contributed by atoms with Crippen molar-refractivity contribution in [2.45, 2.75) is 45.6 Å². The zero-order valence-electron chi connectivity index (χ0n) is 18.9. The molecule has 2 aromatic heterocycles. The first-order valence-electron chi connectivity index (χ1n) is 11.1. The molecule has 0 bridgehead atoms. The van der Waals surface area contributed by atoms with Gasteiger partial charge in [0.25, 0.3) is 5.91 Å². The molecular formula is C25H32N4O2. The highest BCUT2D eigenvalue weighted by Gasteiger charge is 2.23. The molecule has 0 atom stereocenters. The molecule has 0 radical (unpaired) electrons. The molecule has 0 spiro atoms. The number of furan rings is 1. The molecule has 2 heterocycles. The Morgan fingerprint density at radius 3 is 2.55 bits per heavy atom. The number of aryl methyl sites for hydroxylation is 2. The molecule has 1 amide bonds. The average Bonchev–Trinajstić information content (AvgIpc) is 3.10. The highest BCUT2D eigenvalue weighted by Crippen LogP contribution is 2.30. The van der Waals surface area contributed by atoms with E-state index in [0.29, 0.717) is 29.8 Å². The van der Waals surface area contributed by atoms with Gasteiger partial charge in [0, 0.05) is 43.8 Å². The summed E-state index contributed by atoms with van der Waals surface area (Å²) in [4.78, 5) is 19.4. The van der Waals surface area contributed by atoms with Gasteiger partial charge in [-0.05, 0) is 57.6 Å². The predicted molar refractivity (Wildman–Crippen MR) is 126 cm³/mol. The van der Waals surface area contributed by atoms with Crippen LogP contribution >= 0.6 is 0 Å². The van der Waals surface area contributed by atoms with Gasteiger partial charge in [-0.25, -0.2) is 4.98 Å². The van der Waals surface area contributed by atoms with Crippen molar-refractivity contribution in [1.29, 1.82) is 0 Å². The monoisotopic (exact) mass is 420 g/mol. The third kappa shape index (κ3) is 4.84. The Balaban J connectivity index is 1.32. The molecule has 1 aliphatic rings. The largest absolute Gasteiger partial charge is 0.466 e. The van der Waals surface area contributed by atoms with Crippen molar-refractivity contribution in [3.63, 3.8) is 0 Å². The summed E-state index contributed by atoms with van der Waals surface area (Å²) >= 11 is 0. The van der Waals surface area contributed by atoms with Gasteiger partial charge in [-0.3, -0.25) is 4.79 Å². The molecule has 2 N–H and O–H groups in total. The van der Waals surface area contributed by atoms with Gasteiger partial charge in [0.05, 0.1) is 11.1 Å². The number of pyridine rings is 1. The maximum atomic E-state index is 12.4. The topological polar surface area (TPSA) is 70.4 Å². The molecule has 4 rings (SSSR count). The fraction of sp³-hybridized carbons (Fsp3) is 0.440. The fourth-order valence-corrected chi connectivity index (χ4v) is 4.51. The summed E-state index contributed by atoms with van der Waals surface area (Å²) in [5.41, 5.74) is 2.83. The minimum absolute atomic E-state index is 0.0359. The van der Waals surface area contributed by atoms with E-state index in [1.54, 1.807) is 0 Å². The second-order valence-electron chi connectivity index (χ2n) is 8.84. The SMILES string of the molecule is Cc1cc(C(=O)NCC2CCC(Nc3cc(N(C)C)c4ccccc4n3)CC2)c(C)o1. The third-order valence-corrected chi connectivity index (χ3v) is 6.21. The number of anilines is 2. The lowest BCUT2D eigenvalue weighted by molar-refractivity contribution is 0.0941. The Hall–Kier alpha value is -3.02. The first kappa shape index (κ1) is 21.2. The average molecular weight is 421 g/mol. The van der Waals surface area contributed by atoms with Gasteiger partial charge in [-0.1, -0.05) is 18.2 Å². The van der Waals surface area contributed by atoms with Crippen molar-refractivity contribution >= 4 is 28.3 Å². The number of para-hydroxylation sites is 1. The highest BCUT2D eigenvalue weighted by molar-refractivity contribution is 5.95. The number of rotatable bonds is 6. The van der Waals surface area contributed by atoms with Crippen LogP contribution in [0.25, 0.3) is 10.9 Å². The van der Waals surface area contributed by atoms with E-state index in [2.05, 4.69) is 53.9 Å². The van der Waals surface area contributed by atoms with Crippen LogP contribution in [0.3, 0.4) is 0 Å². The summed E-state index contributed by atoms with van der Waals surface area (Å²) in [6.45, 7) is 4.42. The van der Waals surface area contributed by atoms with Crippen LogP contribution in [0.1, 0.15) is 47.6 Å². The van der Waals surface area contributed by atoms with Crippen molar-refractivity contribution in [3.05, 3.63) is 53.5 Å². The Labute approximate surface area is 184 Å². The van der Waals surface area contributed by atoms with E-state index in [9.17, 15) is 4.79 Å². The van der Waals surface area contributed by atoms with Crippen LogP contribution in [0.15, 0.2) is 40.8 Å². The number of aromatic nitrogens is 1. The van der Waals surface area contributed by atoms with E-state index >= 15 is 0 Å². The van der Waals surface area contributed by atoms with Gasteiger partial charge >= 0.3 is 0 Å². The summed E-state index contributed by atoms with van der Waals surface area (Å²) < 4.78 is 5.47. The summed E-state index contributed by atoms with van der Waals surface area (Å²) in [7, 11) is 4.13. The number of fused-ring (bicyclic) bond motifs is 1. The lowest BCUT2D eigenvalue weighted by Crippen LogP contribution is -2.34. The van der Waals surface area contributed by atoms with Crippen LogP contribution < -0.4 is 15.5 Å². The van der Waals surface area contributed by atoms with Crippen molar-refractivity contribution in [2.24, 2.45) is 5.92 Å². The van der Waals surface area contributed by atoms with Crippen LogP contribution in [0.4, 0.5) is 11.5 Å². The van der Waals surface area contributed by atoms with Crippen molar-refractivity contribution in [3.8, 4) is 0 Å². The van der Waals surface area contributed by atoms with E-state index in [1.165, 1.54) is 11.1 Å². The molecular weight excluding hydrogens is 388 g/mol. The molecule has 31 heavy (non-hydrogen) atoms. The van der Waals surface area contributed by atoms with Crippen molar-refractivity contribution in [2.75, 3.05) is 30.9 Å². The van der Waals surface area contributed by atoms with Gasteiger partial charge in [0.1, 0.15) is 17.3 Å². The smallest absolute Gasteiger partial charge is 0.254 e. The molecule has 6 heteroatoms.